The number of anilines is 1. The fourth-order valence-electron chi connectivity index (χ4n) is 2.28. The summed E-state index contributed by atoms with van der Waals surface area (Å²) in [5.41, 5.74) is 2.13. The van der Waals surface area contributed by atoms with Crippen molar-refractivity contribution in [2.45, 2.75) is 45.6 Å². The summed E-state index contributed by atoms with van der Waals surface area (Å²) >= 11 is 2.24. The molecule has 0 unspecified atom stereocenters. The molecule has 2 aromatic carbocycles. The second-order valence-corrected chi connectivity index (χ2v) is 8.03. The number of amides is 1. The van der Waals surface area contributed by atoms with Crippen LogP contribution in [0.15, 0.2) is 48.5 Å². The second-order valence-electron chi connectivity index (χ2n) is 6.79. The summed E-state index contributed by atoms with van der Waals surface area (Å²) in [6.45, 7) is 8.46. The molecule has 0 saturated heterocycles. The molecule has 128 valence electrons. The van der Waals surface area contributed by atoms with Gasteiger partial charge in [0.2, 0.25) is 0 Å². The normalized spacial score (nSPS) is 12.5. The number of carbonyl (C=O) groups is 1. The zero-order valence-electron chi connectivity index (χ0n) is 14.6. The van der Waals surface area contributed by atoms with Crippen LogP contribution in [0, 0.1) is 3.57 Å². The Morgan fingerprint density at radius 3 is 2.17 bits per heavy atom. The monoisotopic (exact) mass is 437 g/mol. The molecule has 0 bridgehead atoms. The topological polar surface area (TPSA) is 38.3 Å². The van der Waals surface area contributed by atoms with Gasteiger partial charge in [-0.05, 0) is 76.4 Å². The maximum atomic E-state index is 12.4. The van der Waals surface area contributed by atoms with Crippen LogP contribution in [0.5, 0.6) is 5.75 Å². The van der Waals surface area contributed by atoms with Gasteiger partial charge in [0.25, 0.3) is 5.91 Å². The van der Waals surface area contributed by atoms with Gasteiger partial charge >= 0.3 is 0 Å². The number of rotatable bonds is 5. The van der Waals surface area contributed by atoms with Crippen LogP contribution < -0.4 is 10.1 Å². The molecule has 4 heteroatoms. The molecular weight excluding hydrogens is 413 g/mol. The maximum absolute atomic E-state index is 12.4. The number of hydrogen-bond donors (Lipinski definition) is 1. The summed E-state index contributed by atoms with van der Waals surface area (Å²) in [5.74, 6) is 0.589. The molecule has 1 N–H and O–H groups in total. The zero-order chi connectivity index (χ0) is 17.7. The summed E-state index contributed by atoms with van der Waals surface area (Å²) in [4.78, 5) is 12.4. The van der Waals surface area contributed by atoms with E-state index < -0.39 is 6.10 Å². The molecule has 0 aromatic heterocycles. The second kappa shape index (κ2) is 8.01. The van der Waals surface area contributed by atoms with Gasteiger partial charge in [-0.1, -0.05) is 39.8 Å². The van der Waals surface area contributed by atoms with Gasteiger partial charge in [-0.15, -0.1) is 0 Å². The third kappa shape index (κ3) is 5.23. The highest BCUT2D eigenvalue weighted by molar-refractivity contribution is 14.1. The van der Waals surface area contributed by atoms with Gasteiger partial charge in [0, 0.05) is 9.26 Å². The minimum Gasteiger partial charge on any atom is -0.481 e. The molecule has 0 saturated carbocycles. The molecule has 0 spiro atoms. The number of carbonyl (C=O) groups excluding carboxylic acids is 1. The number of nitrogens with one attached hydrogen (secondary N) is 1. The van der Waals surface area contributed by atoms with E-state index in [1.54, 1.807) is 0 Å². The molecular formula is C20H24INO2. The summed E-state index contributed by atoms with van der Waals surface area (Å²) < 4.78 is 7.01. The van der Waals surface area contributed by atoms with Crippen LogP contribution in [-0.4, -0.2) is 12.0 Å². The lowest BCUT2D eigenvalue weighted by Crippen LogP contribution is -2.32. The summed E-state index contributed by atoms with van der Waals surface area (Å²) in [5, 5.41) is 2.91. The van der Waals surface area contributed by atoms with E-state index >= 15 is 0 Å². The fraction of sp³-hybridized carbons (Fsp3) is 0.350. The molecule has 0 fully saturated rings. The third-order valence-electron chi connectivity index (χ3n) is 3.77. The Kier molecular flexibility index (Phi) is 6.27. The van der Waals surface area contributed by atoms with Crippen LogP contribution in [0.3, 0.4) is 0 Å². The van der Waals surface area contributed by atoms with Gasteiger partial charge in [0.15, 0.2) is 6.10 Å². The van der Waals surface area contributed by atoms with Crippen LogP contribution in [0.25, 0.3) is 0 Å². The van der Waals surface area contributed by atoms with Crippen LogP contribution in [-0.2, 0) is 10.2 Å². The Bertz CT molecular complexity index is 672. The molecule has 24 heavy (non-hydrogen) atoms. The number of halogens is 1. The van der Waals surface area contributed by atoms with E-state index in [1.807, 2.05) is 43.3 Å². The first kappa shape index (κ1) is 18.8. The van der Waals surface area contributed by atoms with Crippen LogP contribution in [0.4, 0.5) is 5.69 Å². The minimum atomic E-state index is -0.509. The Morgan fingerprint density at radius 2 is 1.67 bits per heavy atom. The molecule has 0 radical (unpaired) electrons. The van der Waals surface area contributed by atoms with Crippen molar-refractivity contribution >= 4 is 34.2 Å². The van der Waals surface area contributed by atoms with E-state index in [0.29, 0.717) is 12.2 Å². The van der Waals surface area contributed by atoms with Crippen molar-refractivity contribution in [1.82, 2.24) is 0 Å². The van der Waals surface area contributed by atoms with Crippen molar-refractivity contribution in [3.05, 3.63) is 57.7 Å². The summed E-state index contributed by atoms with van der Waals surface area (Å²) in [6, 6.07) is 15.7. The highest BCUT2D eigenvalue weighted by Gasteiger charge is 2.19. The van der Waals surface area contributed by atoms with Crippen molar-refractivity contribution in [3.8, 4) is 5.75 Å². The molecule has 0 aliphatic heterocycles. The Hall–Kier alpha value is -1.56. The Morgan fingerprint density at radius 1 is 1.08 bits per heavy atom. The lowest BCUT2D eigenvalue weighted by Gasteiger charge is -2.21. The standard InChI is InChI=1S/C20H24INO2/c1-5-18(19(23)22-16-10-8-15(21)9-11-16)24-17-12-6-14(7-13-17)20(2,3)4/h6-13,18H,5H2,1-4H3,(H,22,23)/t18-/m0/s1. The first-order valence-corrected chi connectivity index (χ1v) is 9.21. The largest absolute Gasteiger partial charge is 0.481 e. The minimum absolute atomic E-state index is 0.102. The van der Waals surface area contributed by atoms with Crippen LogP contribution >= 0.6 is 22.6 Å². The predicted octanol–water partition coefficient (Wildman–Crippen LogP) is 5.38. The van der Waals surface area contributed by atoms with Crippen LogP contribution in [0.2, 0.25) is 0 Å². The lowest BCUT2D eigenvalue weighted by molar-refractivity contribution is -0.122. The van der Waals surface area contributed by atoms with E-state index in [9.17, 15) is 4.79 Å². The number of ether oxygens (including phenoxy) is 1. The SMILES string of the molecule is CC[C@H](Oc1ccc(C(C)(C)C)cc1)C(=O)Nc1ccc(I)cc1. The summed E-state index contributed by atoms with van der Waals surface area (Å²) in [6.07, 6.45) is 0.0989. The average molecular weight is 437 g/mol. The van der Waals surface area contributed by atoms with Gasteiger partial charge in [0.1, 0.15) is 5.75 Å². The van der Waals surface area contributed by atoms with Crippen molar-refractivity contribution < 1.29 is 9.53 Å². The molecule has 1 atom stereocenters. The molecule has 0 aliphatic rings. The fourth-order valence-corrected chi connectivity index (χ4v) is 2.64. The molecule has 3 nitrogen and oxygen atoms in total. The van der Waals surface area contributed by atoms with E-state index in [2.05, 4.69) is 60.8 Å². The first-order valence-electron chi connectivity index (χ1n) is 8.13. The van der Waals surface area contributed by atoms with Gasteiger partial charge in [0.05, 0.1) is 0 Å². The average Bonchev–Trinajstić information content (AvgIpc) is 2.54. The van der Waals surface area contributed by atoms with Crippen molar-refractivity contribution in [1.29, 1.82) is 0 Å². The highest BCUT2D eigenvalue weighted by Crippen LogP contribution is 2.25. The predicted molar refractivity (Wildman–Crippen MR) is 108 cm³/mol. The number of hydrogen-bond acceptors (Lipinski definition) is 2. The molecule has 0 aliphatic carbocycles. The van der Waals surface area contributed by atoms with Crippen molar-refractivity contribution in [2.75, 3.05) is 5.32 Å². The lowest BCUT2D eigenvalue weighted by atomic mass is 9.87. The third-order valence-corrected chi connectivity index (χ3v) is 4.49. The van der Waals surface area contributed by atoms with Crippen molar-refractivity contribution in [2.24, 2.45) is 0 Å². The Balaban J connectivity index is 2.03. The zero-order valence-corrected chi connectivity index (χ0v) is 16.8. The number of benzene rings is 2. The van der Waals surface area contributed by atoms with E-state index in [1.165, 1.54) is 5.56 Å². The highest BCUT2D eigenvalue weighted by atomic mass is 127. The molecule has 1 amide bonds. The first-order chi connectivity index (χ1) is 11.3. The van der Waals surface area contributed by atoms with Crippen molar-refractivity contribution in [3.63, 3.8) is 0 Å². The molecule has 2 aromatic rings. The van der Waals surface area contributed by atoms with Gasteiger partial charge in [-0.3, -0.25) is 4.79 Å². The molecule has 0 heterocycles. The van der Waals surface area contributed by atoms with E-state index in [4.69, 9.17) is 4.74 Å². The van der Waals surface area contributed by atoms with E-state index in [-0.39, 0.29) is 11.3 Å². The van der Waals surface area contributed by atoms with Gasteiger partial charge < -0.3 is 10.1 Å². The van der Waals surface area contributed by atoms with Gasteiger partial charge in [-0.25, -0.2) is 0 Å². The van der Waals surface area contributed by atoms with E-state index in [0.717, 1.165) is 9.26 Å². The quantitative estimate of drug-likeness (QED) is 0.638. The Labute approximate surface area is 157 Å². The maximum Gasteiger partial charge on any atom is 0.265 e. The van der Waals surface area contributed by atoms with Gasteiger partial charge in [-0.2, -0.15) is 0 Å². The molecule has 2 rings (SSSR count). The smallest absolute Gasteiger partial charge is 0.265 e. The van der Waals surface area contributed by atoms with Crippen LogP contribution in [0.1, 0.15) is 39.7 Å². The summed E-state index contributed by atoms with van der Waals surface area (Å²) in [7, 11) is 0.